The zero-order chi connectivity index (χ0) is 42.8. The topological polar surface area (TPSA) is 141 Å². The standard InChI is InChI=1S/C42H79N3O10/c1-17-18-19-20-21-22-23-32(45(30-36(49)54-41(11,12)13)31-37(50)55-42(14,15)16)26-43(27-33(46)51-38(2,3)4)24-25-44(28-34(47)52-39(5,6)7)29-35(48)53-40(8,9)10/h32H,17-31H2,1-16H3. The number of carbonyl (C=O) groups excluding carboxylic acids is 5. The van der Waals surface area contributed by atoms with Gasteiger partial charge in [-0.05, 0) is 110 Å². The van der Waals surface area contributed by atoms with Gasteiger partial charge in [0, 0.05) is 25.7 Å². The fourth-order valence-corrected chi connectivity index (χ4v) is 5.64. The van der Waals surface area contributed by atoms with Crippen LogP contribution in [0.3, 0.4) is 0 Å². The summed E-state index contributed by atoms with van der Waals surface area (Å²) in [6.07, 6.45) is 6.88. The van der Waals surface area contributed by atoms with Gasteiger partial charge in [0.15, 0.2) is 0 Å². The first-order valence-corrected chi connectivity index (χ1v) is 20.1. The van der Waals surface area contributed by atoms with E-state index < -0.39 is 57.9 Å². The quantitative estimate of drug-likeness (QED) is 0.0616. The Bertz CT molecular complexity index is 1130. The molecule has 0 saturated heterocycles. The lowest BCUT2D eigenvalue weighted by Gasteiger charge is -2.36. The highest BCUT2D eigenvalue weighted by molar-refractivity contribution is 5.76. The van der Waals surface area contributed by atoms with Crippen molar-refractivity contribution in [2.75, 3.05) is 52.4 Å². The molecule has 0 saturated carbocycles. The third kappa shape index (κ3) is 31.1. The lowest BCUT2D eigenvalue weighted by Crippen LogP contribution is -2.52. The van der Waals surface area contributed by atoms with Crippen LogP contribution in [-0.2, 0) is 47.7 Å². The van der Waals surface area contributed by atoms with Crippen molar-refractivity contribution in [2.24, 2.45) is 0 Å². The second kappa shape index (κ2) is 23.5. The first-order valence-electron chi connectivity index (χ1n) is 20.1. The van der Waals surface area contributed by atoms with E-state index in [1.54, 1.807) is 114 Å². The zero-order valence-corrected chi connectivity index (χ0v) is 37.6. The molecule has 0 bridgehead atoms. The van der Waals surface area contributed by atoms with Crippen molar-refractivity contribution in [1.82, 2.24) is 14.7 Å². The van der Waals surface area contributed by atoms with Gasteiger partial charge >= 0.3 is 29.8 Å². The van der Waals surface area contributed by atoms with Crippen molar-refractivity contribution in [3.63, 3.8) is 0 Å². The molecule has 0 aromatic heterocycles. The van der Waals surface area contributed by atoms with Crippen LogP contribution >= 0.6 is 0 Å². The molecule has 1 atom stereocenters. The van der Waals surface area contributed by atoms with E-state index in [-0.39, 0.29) is 58.4 Å². The Labute approximate surface area is 333 Å². The van der Waals surface area contributed by atoms with E-state index in [4.69, 9.17) is 23.7 Å². The van der Waals surface area contributed by atoms with Crippen molar-refractivity contribution in [3.05, 3.63) is 0 Å². The Balaban J connectivity index is 6.83. The smallest absolute Gasteiger partial charge is 0.320 e. The van der Waals surface area contributed by atoms with Gasteiger partial charge < -0.3 is 23.7 Å². The molecule has 55 heavy (non-hydrogen) atoms. The van der Waals surface area contributed by atoms with Gasteiger partial charge in [0.25, 0.3) is 0 Å². The third-order valence-corrected chi connectivity index (χ3v) is 7.43. The van der Waals surface area contributed by atoms with E-state index in [0.29, 0.717) is 6.42 Å². The Morgan fingerprint density at radius 2 is 0.709 bits per heavy atom. The summed E-state index contributed by atoms with van der Waals surface area (Å²) in [5.41, 5.74) is -3.67. The molecule has 0 aromatic carbocycles. The van der Waals surface area contributed by atoms with Gasteiger partial charge in [-0.2, -0.15) is 0 Å². The first-order chi connectivity index (χ1) is 24.9. The Morgan fingerprint density at radius 1 is 0.418 bits per heavy atom. The summed E-state index contributed by atoms with van der Waals surface area (Å²) in [7, 11) is 0. The lowest BCUT2D eigenvalue weighted by molar-refractivity contribution is -0.163. The van der Waals surface area contributed by atoms with Gasteiger partial charge in [0.05, 0.1) is 32.7 Å². The molecule has 0 aromatic rings. The Kier molecular flexibility index (Phi) is 22.3. The molecule has 0 aliphatic heterocycles. The van der Waals surface area contributed by atoms with Gasteiger partial charge in [-0.25, -0.2) is 0 Å². The Hall–Kier alpha value is -2.77. The monoisotopic (exact) mass is 786 g/mol. The number of ether oxygens (including phenoxy) is 5. The highest BCUT2D eigenvalue weighted by Crippen LogP contribution is 2.19. The molecule has 0 amide bonds. The largest absolute Gasteiger partial charge is 0.459 e. The highest BCUT2D eigenvalue weighted by atomic mass is 16.6. The fraction of sp³-hybridized carbons (Fsp3) is 0.881. The average molecular weight is 786 g/mol. The van der Waals surface area contributed by atoms with Crippen molar-refractivity contribution in [1.29, 1.82) is 0 Å². The average Bonchev–Trinajstić information content (AvgIpc) is 2.91. The second-order valence-corrected chi connectivity index (χ2v) is 19.5. The van der Waals surface area contributed by atoms with Crippen molar-refractivity contribution in [3.8, 4) is 0 Å². The van der Waals surface area contributed by atoms with E-state index in [2.05, 4.69) is 6.92 Å². The van der Waals surface area contributed by atoms with Crippen LogP contribution in [0.15, 0.2) is 0 Å². The molecular formula is C42H79N3O10. The van der Waals surface area contributed by atoms with E-state index in [0.717, 1.165) is 38.5 Å². The van der Waals surface area contributed by atoms with Crippen molar-refractivity contribution < 1.29 is 47.7 Å². The van der Waals surface area contributed by atoms with Crippen LogP contribution < -0.4 is 0 Å². The molecule has 0 spiro atoms. The van der Waals surface area contributed by atoms with Crippen LogP contribution in [0.1, 0.15) is 156 Å². The molecule has 0 aliphatic rings. The highest BCUT2D eigenvalue weighted by Gasteiger charge is 2.31. The fourth-order valence-electron chi connectivity index (χ4n) is 5.64. The molecule has 0 fully saturated rings. The molecular weight excluding hydrogens is 706 g/mol. The van der Waals surface area contributed by atoms with Crippen LogP contribution in [0, 0.1) is 0 Å². The summed E-state index contributed by atoms with van der Waals surface area (Å²) >= 11 is 0. The number of carbonyl (C=O) groups is 5. The predicted molar refractivity (Wildman–Crippen MR) is 215 cm³/mol. The minimum atomic E-state index is -0.738. The van der Waals surface area contributed by atoms with Crippen molar-refractivity contribution >= 4 is 29.8 Å². The number of unbranched alkanes of at least 4 members (excludes halogenated alkanes) is 5. The van der Waals surface area contributed by atoms with E-state index in [1.165, 1.54) is 0 Å². The maximum absolute atomic E-state index is 13.4. The zero-order valence-electron chi connectivity index (χ0n) is 37.6. The summed E-state index contributed by atoms with van der Waals surface area (Å²) < 4.78 is 28.3. The molecule has 0 heterocycles. The van der Waals surface area contributed by atoms with Gasteiger partial charge in [-0.1, -0.05) is 45.4 Å². The summed E-state index contributed by atoms with van der Waals surface area (Å²) in [6.45, 7) is 28.9. The van der Waals surface area contributed by atoms with E-state index in [1.807, 2.05) is 4.90 Å². The molecule has 1 unspecified atom stereocenters. The summed E-state index contributed by atoms with van der Waals surface area (Å²) in [6, 6.07) is -0.376. The number of hydrogen-bond donors (Lipinski definition) is 0. The summed E-state index contributed by atoms with van der Waals surface area (Å²) in [4.78, 5) is 71.4. The second-order valence-electron chi connectivity index (χ2n) is 19.5. The molecule has 322 valence electrons. The van der Waals surface area contributed by atoms with Gasteiger partial charge in [0.1, 0.15) is 28.0 Å². The van der Waals surface area contributed by atoms with Crippen molar-refractivity contribution in [2.45, 2.75) is 190 Å². The van der Waals surface area contributed by atoms with Crippen LogP contribution in [0.5, 0.6) is 0 Å². The number of rotatable bonds is 23. The molecule has 0 N–H and O–H groups in total. The molecule has 13 heteroatoms. The number of hydrogen-bond acceptors (Lipinski definition) is 13. The summed E-state index contributed by atoms with van der Waals surface area (Å²) in [5, 5.41) is 0. The third-order valence-electron chi connectivity index (χ3n) is 7.43. The molecule has 0 rings (SSSR count). The Morgan fingerprint density at radius 3 is 1.05 bits per heavy atom. The van der Waals surface area contributed by atoms with Gasteiger partial charge in [-0.3, -0.25) is 38.7 Å². The minimum absolute atomic E-state index is 0.107. The van der Waals surface area contributed by atoms with E-state index >= 15 is 0 Å². The van der Waals surface area contributed by atoms with Gasteiger partial charge in [0.2, 0.25) is 0 Å². The first kappa shape index (κ1) is 52.2. The maximum Gasteiger partial charge on any atom is 0.320 e. The maximum atomic E-state index is 13.4. The SMILES string of the molecule is CCCCCCCCC(CN(CCN(CC(=O)OC(C)(C)C)CC(=O)OC(C)(C)C)CC(=O)OC(C)(C)C)N(CC(=O)OC(C)(C)C)CC(=O)OC(C)(C)C. The predicted octanol–water partition coefficient (Wildman–Crippen LogP) is 6.72. The van der Waals surface area contributed by atoms with Gasteiger partial charge in [-0.15, -0.1) is 0 Å². The minimum Gasteiger partial charge on any atom is -0.459 e. The molecule has 13 nitrogen and oxygen atoms in total. The van der Waals surface area contributed by atoms with Crippen LogP contribution in [0.2, 0.25) is 0 Å². The number of esters is 5. The van der Waals surface area contributed by atoms with Crippen LogP contribution in [-0.4, -0.2) is 131 Å². The normalized spacial score (nSPS) is 13.5. The molecule has 0 radical (unpaired) electrons. The lowest BCUT2D eigenvalue weighted by atomic mass is 10.0. The van der Waals surface area contributed by atoms with Crippen LogP contribution in [0.4, 0.5) is 0 Å². The van der Waals surface area contributed by atoms with Crippen LogP contribution in [0.25, 0.3) is 0 Å². The molecule has 0 aliphatic carbocycles. The number of nitrogens with zero attached hydrogens (tertiary/aromatic N) is 3. The van der Waals surface area contributed by atoms with E-state index in [9.17, 15) is 24.0 Å². The summed E-state index contributed by atoms with van der Waals surface area (Å²) in [5.74, 6) is -2.43.